The molecule has 0 spiro atoms. The molecule has 32 heavy (non-hydrogen) atoms. The smallest absolute Gasteiger partial charge is 0.310 e. The van der Waals surface area contributed by atoms with Gasteiger partial charge in [0.25, 0.3) is 0 Å². The highest BCUT2D eigenvalue weighted by atomic mass is 35.5. The van der Waals surface area contributed by atoms with Crippen LogP contribution in [0, 0.1) is 0 Å². The maximum Gasteiger partial charge on any atom is 0.310 e. The van der Waals surface area contributed by atoms with Crippen molar-refractivity contribution in [3.05, 3.63) is 64.1 Å². The van der Waals surface area contributed by atoms with Gasteiger partial charge in [0, 0.05) is 27.7 Å². The number of carbonyl (C=O) groups excluding carboxylic acids is 2. The Bertz CT molecular complexity index is 1160. The fraction of sp³-hybridized carbons (Fsp3) is 0.375. The van der Waals surface area contributed by atoms with Gasteiger partial charge in [-0.3, -0.25) is 14.6 Å². The molecule has 0 fully saturated rings. The highest BCUT2D eigenvalue weighted by Crippen LogP contribution is 2.37. The van der Waals surface area contributed by atoms with E-state index in [1.807, 2.05) is 6.07 Å². The summed E-state index contributed by atoms with van der Waals surface area (Å²) in [5.41, 5.74) is 2.71. The van der Waals surface area contributed by atoms with Crippen molar-refractivity contribution < 1.29 is 18.8 Å². The maximum absolute atomic E-state index is 13.4. The van der Waals surface area contributed by atoms with Gasteiger partial charge in [0.2, 0.25) is 5.78 Å². The minimum Gasteiger partial charge on any atom is -0.469 e. The first-order chi connectivity index (χ1) is 14.9. The molecule has 0 aliphatic rings. The monoisotopic (exact) mass is 472 g/mol. The van der Waals surface area contributed by atoms with Crippen LogP contribution < -0.4 is 0 Å². The van der Waals surface area contributed by atoms with E-state index in [9.17, 15) is 9.59 Å². The number of nitrogens with zero attached hydrogens (tertiary/aromatic N) is 1. The van der Waals surface area contributed by atoms with Gasteiger partial charge in [-0.1, -0.05) is 38.4 Å². The van der Waals surface area contributed by atoms with E-state index < -0.39 is 14.3 Å². The molecule has 0 saturated carbocycles. The highest BCUT2D eigenvalue weighted by Gasteiger charge is 2.37. The van der Waals surface area contributed by atoms with Crippen molar-refractivity contribution in [2.75, 3.05) is 7.11 Å². The Hall–Kier alpha value is -2.48. The minimum absolute atomic E-state index is 0.0343. The van der Waals surface area contributed by atoms with Crippen LogP contribution in [-0.4, -0.2) is 37.1 Å². The summed E-state index contributed by atoms with van der Waals surface area (Å²) in [7, 11) is -0.608. The predicted octanol–water partition coefficient (Wildman–Crippen LogP) is 5.68. The molecule has 3 rings (SSSR count). The van der Waals surface area contributed by atoms with Crippen molar-refractivity contribution in [3.8, 4) is 0 Å². The first-order valence-electron chi connectivity index (χ1n) is 10.4. The van der Waals surface area contributed by atoms with Gasteiger partial charge >= 0.3 is 5.97 Å². The number of aromatic amines is 1. The Morgan fingerprint density at radius 1 is 1.16 bits per heavy atom. The Kier molecular flexibility index (Phi) is 6.93. The Balaban J connectivity index is 1.95. The zero-order chi connectivity index (χ0) is 23.7. The highest BCUT2D eigenvalue weighted by molar-refractivity contribution is 6.74. The lowest BCUT2D eigenvalue weighted by molar-refractivity contribution is -0.139. The van der Waals surface area contributed by atoms with Crippen LogP contribution in [0.4, 0.5) is 0 Å². The molecule has 0 atom stereocenters. The first kappa shape index (κ1) is 24.2. The Morgan fingerprint density at radius 3 is 2.53 bits per heavy atom. The summed E-state index contributed by atoms with van der Waals surface area (Å²) in [5, 5.41) is 1.37. The number of nitrogens with one attached hydrogen (secondary N) is 1. The molecule has 2 aromatic heterocycles. The van der Waals surface area contributed by atoms with Gasteiger partial charge in [-0.25, -0.2) is 0 Å². The topological polar surface area (TPSA) is 81.3 Å². The first-order valence-corrected chi connectivity index (χ1v) is 13.7. The quantitative estimate of drug-likeness (QED) is 0.271. The third-order valence-electron chi connectivity index (χ3n) is 6.11. The molecular weight excluding hydrogens is 444 g/mol. The van der Waals surface area contributed by atoms with Gasteiger partial charge in [-0.2, -0.15) is 0 Å². The molecule has 0 saturated heterocycles. The van der Waals surface area contributed by atoms with E-state index in [1.54, 1.807) is 30.5 Å². The predicted molar refractivity (Wildman–Crippen MR) is 129 cm³/mol. The van der Waals surface area contributed by atoms with Crippen LogP contribution in [0.25, 0.3) is 10.9 Å². The van der Waals surface area contributed by atoms with Crippen LogP contribution >= 0.6 is 11.6 Å². The number of halogens is 1. The fourth-order valence-electron chi connectivity index (χ4n) is 3.12. The second-order valence-corrected chi connectivity index (χ2v) is 14.6. The molecule has 0 aliphatic carbocycles. The van der Waals surface area contributed by atoms with Crippen molar-refractivity contribution in [2.24, 2.45) is 0 Å². The molecule has 1 aromatic carbocycles. The molecule has 0 amide bonds. The largest absolute Gasteiger partial charge is 0.469 e. The van der Waals surface area contributed by atoms with Crippen LogP contribution in [0.5, 0.6) is 0 Å². The van der Waals surface area contributed by atoms with Crippen molar-refractivity contribution in [1.29, 1.82) is 0 Å². The fourth-order valence-corrected chi connectivity index (χ4v) is 4.25. The third-order valence-corrected chi connectivity index (χ3v) is 10.8. The molecule has 8 heteroatoms. The van der Waals surface area contributed by atoms with Crippen molar-refractivity contribution in [2.45, 2.75) is 51.9 Å². The Morgan fingerprint density at radius 2 is 1.88 bits per heavy atom. The summed E-state index contributed by atoms with van der Waals surface area (Å²) >= 11 is 6.11. The van der Waals surface area contributed by atoms with Crippen LogP contribution in [0.3, 0.4) is 0 Å². The average Bonchev–Trinajstić information content (AvgIpc) is 3.08. The van der Waals surface area contributed by atoms with Gasteiger partial charge in [0.1, 0.15) is 5.69 Å². The number of hydrogen-bond acceptors (Lipinski definition) is 5. The van der Waals surface area contributed by atoms with Gasteiger partial charge in [-0.05, 0) is 48.0 Å². The van der Waals surface area contributed by atoms with Crippen molar-refractivity contribution >= 4 is 42.6 Å². The summed E-state index contributed by atoms with van der Waals surface area (Å²) < 4.78 is 11.1. The lowest BCUT2D eigenvalue weighted by Crippen LogP contribution is -2.40. The van der Waals surface area contributed by atoms with Crippen molar-refractivity contribution in [1.82, 2.24) is 9.97 Å². The molecule has 2 heterocycles. The molecule has 0 bridgehead atoms. The summed E-state index contributed by atoms with van der Waals surface area (Å²) in [6.45, 7) is 11.4. The Labute approximate surface area is 194 Å². The number of rotatable bonds is 7. The van der Waals surface area contributed by atoms with E-state index in [-0.39, 0.29) is 22.9 Å². The normalized spacial score (nSPS) is 12.2. The molecule has 0 radical (unpaired) electrons. The van der Waals surface area contributed by atoms with Crippen LogP contribution in [-0.2, 0) is 27.0 Å². The van der Waals surface area contributed by atoms with Crippen LogP contribution in [0.1, 0.15) is 48.1 Å². The molecule has 0 unspecified atom stereocenters. The van der Waals surface area contributed by atoms with E-state index in [2.05, 4.69) is 43.8 Å². The number of hydrogen-bond donors (Lipinski definition) is 1. The van der Waals surface area contributed by atoms with E-state index in [4.69, 9.17) is 20.8 Å². The average molecular weight is 473 g/mol. The molecule has 3 aromatic rings. The second-order valence-electron chi connectivity index (χ2n) is 9.35. The van der Waals surface area contributed by atoms with Crippen LogP contribution in [0.15, 0.2) is 36.5 Å². The summed E-state index contributed by atoms with van der Waals surface area (Å²) in [6.07, 6.45) is 1.57. The van der Waals surface area contributed by atoms with Gasteiger partial charge in [0.05, 0.1) is 25.8 Å². The number of benzene rings is 1. The SMILES string of the molecule is COC(=O)Cc1c(C(=O)c2cc(CO[Si](C)(C)C(C)(C)C)ccn2)[nH]c2cc(Cl)ccc12. The lowest BCUT2D eigenvalue weighted by atomic mass is 10.0. The minimum atomic E-state index is -1.93. The molecule has 1 N–H and O–H groups in total. The lowest BCUT2D eigenvalue weighted by Gasteiger charge is -2.36. The summed E-state index contributed by atoms with van der Waals surface area (Å²) in [6, 6.07) is 8.84. The second kappa shape index (κ2) is 9.17. The van der Waals surface area contributed by atoms with Crippen molar-refractivity contribution in [3.63, 3.8) is 0 Å². The molecule has 170 valence electrons. The number of H-pyrrole nitrogens is 1. The van der Waals surface area contributed by atoms with Crippen LogP contribution in [0.2, 0.25) is 23.2 Å². The number of aromatic nitrogens is 2. The van der Waals surface area contributed by atoms with E-state index in [1.165, 1.54) is 7.11 Å². The number of ketones is 1. The van der Waals surface area contributed by atoms with Gasteiger partial charge in [-0.15, -0.1) is 0 Å². The zero-order valence-corrected chi connectivity index (χ0v) is 21.1. The number of methoxy groups -OCH3 is 1. The van der Waals surface area contributed by atoms with E-state index in [0.29, 0.717) is 28.4 Å². The molecular formula is C24H29ClN2O4Si. The van der Waals surface area contributed by atoms with Gasteiger partial charge in [0.15, 0.2) is 8.32 Å². The number of carbonyl (C=O) groups is 2. The molecule has 6 nitrogen and oxygen atoms in total. The number of ether oxygens (including phenoxy) is 1. The maximum atomic E-state index is 13.4. The van der Waals surface area contributed by atoms with E-state index in [0.717, 1.165) is 10.9 Å². The third kappa shape index (κ3) is 5.11. The summed E-state index contributed by atoms with van der Waals surface area (Å²) in [4.78, 5) is 32.8. The summed E-state index contributed by atoms with van der Waals surface area (Å²) in [5.74, 6) is -0.732. The number of esters is 1. The standard InChI is InChI=1S/C24H29ClN2O4Si/c1-24(2,3)32(5,6)31-14-15-9-10-26-20(11-15)23(29)22-18(13-21(28)30-4)17-8-7-16(25)12-19(17)27-22/h7-12,27H,13-14H2,1-6H3. The van der Waals surface area contributed by atoms with E-state index >= 15 is 0 Å². The number of pyridine rings is 1. The zero-order valence-electron chi connectivity index (χ0n) is 19.3. The number of fused-ring (bicyclic) bond motifs is 1. The van der Waals surface area contributed by atoms with Gasteiger partial charge < -0.3 is 14.1 Å². The molecule has 0 aliphatic heterocycles.